The molecule has 0 bridgehead atoms. The fourth-order valence-corrected chi connectivity index (χ4v) is 9.07. The number of hydrogen-bond donors (Lipinski definition) is 8. The van der Waals surface area contributed by atoms with Crippen LogP contribution in [0, 0.1) is 5.92 Å². The second kappa shape index (κ2) is 11.1. The van der Waals surface area contributed by atoms with Gasteiger partial charge in [0.25, 0.3) is 5.56 Å². The maximum atomic E-state index is 13.3. The predicted octanol–water partition coefficient (Wildman–Crippen LogP) is -2.34. The van der Waals surface area contributed by atoms with Gasteiger partial charge in [0.1, 0.15) is 30.2 Å². The number of nitrogens with two attached hydrogens (primary N) is 2. The van der Waals surface area contributed by atoms with Gasteiger partial charge in [0.2, 0.25) is 5.95 Å². The van der Waals surface area contributed by atoms with Crippen molar-refractivity contribution in [1.29, 1.82) is 0 Å². The molecular weight excluding hydrogens is 660 g/mol. The van der Waals surface area contributed by atoms with Crippen molar-refractivity contribution in [3.63, 3.8) is 0 Å². The lowest BCUT2D eigenvalue weighted by molar-refractivity contribution is -0.0479. The van der Waals surface area contributed by atoms with Gasteiger partial charge in [-0.3, -0.25) is 23.4 Å². The molecule has 2 unspecified atom stereocenters. The van der Waals surface area contributed by atoms with Crippen molar-refractivity contribution in [3.8, 4) is 0 Å². The molecule has 0 aromatic carbocycles. The number of imidazole rings is 2. The van der Waals surface area contributed by atoms with E-state index in [1.165, 1.54) is 28.1 Å². The van der Waals surface area contributed by atoms with E-state index in [1.807, 2.05) is 0 Å². The van der Waals surface area contributed by atoms with Crippen LogP contribution in [0.15, 0.2) is 23.8 Å². The van der Waals surface area contributed by atoms with Crippen molar-refractivity contribution in [2.75, 3.05) is 30.8 Å². The Morgan fingerprint density at radius 1 is 0.933 bits per heavy atom. The summed E-state index contributed by atoms with van der Waals surface area (Å²) in [5.41, 5.74) is 11.4. The molecule has 45 heavy (non-hydrogen) atoms. The number of hydrogen-bond acceptors (Lipinski definition) is 16. The number of nitrogens with one attached hydrogen (secondary N) is 2. The highest BCUT2D eigenvalue weighted by atomic mass is 32.5. The topological polar surface area (TPSA) is 306 Å². The van der Waals surface area contributed by atoms with E-state index in [9.17, 15) is 29.4 Å². The average Bonchev–Trinajstić information content (AvgIpc) is 3.72. The molecule has 7 rings (SSSR count). The summed E-state index contributed by atoms with van der Waals surface area (Å²) in [6.45, 7) is -4.66. The number of aliphatic hydroxyl groups is 2. The van der Waals surface area contributed by atoms with Crippen LogP contribution in [0.2, 0.25) is 0 Å². The number of aliphatic hydroxyl groups excluding tert-OH is 2. The summed E-state index contributed by atoms with van der Waals surface area (Å²) in [6, 6.07) is -1.31. The Morgan fingerprint density at radius 3 is 2.38 bits per heavy atom. The van der Waals surface area contributed by atoms with Crippen molar-refractivity contribution in [2.24, 2.45) is 5.92 Å². The van der Waals surface area contributed by atoms with Gasteiger partial charge < -0.3 is 45.5 Å². The van der Waals surface area contributed by atoms with Crippen LogP contribution in [0.4, 0.5) is 11.8 Å². The molecule has 4 aromatic heterocycles. The Bertz CT molecular complexity index is 1940. The highest BCUT2D eigenvalue weighted by molar-refractivity contribution is 8.09. The van der Waals surface area contributed by atoms with Crippen molar-refractivity contribution in [3.05, 3.63) is 29.3 Å². The third-order valence-electron chi connectivity index (χ3n) is 7.89. The molecule has 3 saturated heterocycles. The molecule has 3 fully saturated rings. The van der Waals surface area contributed by atoms with Crippen LogP contribution in [-0.4, -0.2) is 109 Å². The number of fused-ring (bicyclic) bond motifs is 4. The van der Waals surface area contributed by atoms with Crippen molar-refractivity contribution in [1.82, 2.24) is 44.1 Å². The van der Waals surface area contributed by atoms with Gasteiger partial charge in [0.05, 0.1) is 38.0 Å². The zero-order chi connectivity index (χ0) is 31.8. The number of nitrogens with zero attached hydrogens (tertiary/aromatic N) is 7. The van der Waals surface area contributed by atoms with Crippen molar-refractivity contribution in [2.45, 2.75) is 42.9 Å². The molecular formula is C21H27N11O10P2S. The second-order valence-corrected chi connectivity index (χ2v) is 15.9. The van der Waals surface area contributed by atoms with Crippen LogP contribution in [0.25, 0.3) is 22.3 Å². The molecule has 10 atom stereocenters. The number of nitrogen functional groups attached to an aromatic ring is 2. The van der Waals surface area contributed by atoms with E-state index in [1.54, 1.807) is 0 Å². The van der Waals surface area contributed by atoms with E-state index in [2.05, 4.69) is 35.0 Å². The fraction of sp³-hybridized carbons (Fsp3) is 0.524. The van der Waals surface area contributed by atoms with Gasteiger partial charge in [-0.2, -0.15) is 4.98 Å². The Balaban J connectivity index is 1.17. The average molecular weight is 688 g/mol. The maximum absolute atomic E-state index is 13.3. The molecule has 4 aromatic rings. The van der Waals surface area contributed by atoms with Crippen molar-refractivity contribution >= 4 is 60.1 Å². The summed E-state index contributed by atoms with van der Waals surface area (Å²) >= 11 is 5.43. The lowest BCUT2D eigenvalue weighted by Gasteiger charge is -2.29. The lowest BCUT2D eigenvalue weighted by Crippen LogP contribution is -2.45. The van der Waals surface area contributed by atoms with E-state index in [0.29, 0.717) is 0 Å². The highest BCUT2D eigenvalue weighted by Gasteiger charge is 2.51. The molecule has 0 spiro atoms. The Kier molecular flexibility index (Phi) is 7.55. The number of ether oxygens (including phenoxy) is 2. The second-order valence-electron chi connectivity index (χ2n) is 10.7. The lowest BCUT2D eigenvalue weighted by atomic mass is 10.0. The monoisotopic (exact) mass is 687 g/mol. The number of aromatic nitrogens is 8. The van der Waals surface area contributed by atoms with Gasteiger partial charge in [0.15, 0.2) is 41.6 Å². The molecule has 3 aliphatic rings. The number of aromatic amines is 1. The minimum absolute atomic E-state index is 0.0115. The van der Waals surface area contributed by atoms with Crippen LogP contribution in [-0.2, 0) is 34.9 Å². The number of rotatable bonds is 2. The summed E-state index contributed by atoms with van der Waals surface area (Å²) in [5, 5.41) is 25.0. The SMILES string of the molecule is Nc1nc2c(ncn2[C@@H]2O[C@@H]3COP(O)(=S)C[C@H]4[C@@H](O)[C@H](n5cnc6c(N)ncnc65)O[C@@H]4COP(=O)(O)N[C@H]3[C@H]2O)c(=O)[nH]1. The molecule has 21 nitrogen and oxygen atoms in total. The van der Waals surface area contributed by atoms with E-state index >= 15 is 0 Å². The zero-order valence-corrected chi connectivity index (χ0v) is 25.4. The Hall–Kier alpha value is -2.98. The first kappa shape index (κ1) is 30.7. The maximum Gasteiger partial charge on any atom is 0.403 e. The standard InChI is InChI=1S/C21H27N11O10P2S/c22-15-11-16(25-4-24-15)31(5-26-11)19-13(33)7-3-43(36,45)39-2-9-10(30-44(37,38)40-1-8(7)41-19)14(34)20(42-9)32-6-27-12-17(32)28-21(23)29-18(12)35/h4-10,13-14,19-20,33-34H,1-3H2,(H,36,45)(H2,22,24,25)(H2,30,37,38)(H3,23,28,29,35)/t7-,8-,9-,10-,13-,14-,19-,20-,43?/m1/s1. The summed E-state index contributed by atoms with van der Waals surface area (Å²) in [7, 11) is -4.70. The number of anilines is 2. The first-order valence-corrected chi connectivity index (χ1v) is 17.8. The summed E-state index contributed by atoms with van der Waals surface area (Å²) in [6.07, 6.45) is -4.00. The van der Waals surface area contributed by atoms with Gasteiger partial charge in [-0.15, -0.1) is 0 Å². The van der Waals surface area contributed by atoms with Crippen molar-refractivity contribution < 1.29 is 43.1 Å². The van der Waals surface area contributed by atoms with Gasteiger partial charge in [-0.05, 0) is 11.8 Å². The third kappa shape index (κ3) is 5.45. The fourth-order valence-electron chi connectivity index (χ4n) is 5.78. The largest absolute Gasteiger partial charge is 0.403 e. The molecule has 242 valence electrons. The Labute approximate surface area is 256 Å². The quantitative estimate of drug-likeness (QED) is 0.102. The van der Waals surface area contributed by atoms with Crippen LogP contribution in [0.5, 0.6) is 0 Å². The number of H-pyrrole nitrogens is 1. The van der Waals surface area contributed by atoms with Crippen LogP contribution >= 0.6 is 14.2 Å². The summed E-state index contributed by atoms with van der Waals surface area (Å²) < 4.78 is 39.1. The molecule has 0 saturated carbocycles. The minimum atomic E-state index is -4.70. The van der Waals surface area contributed by atoms with Crippen LogP contribution in [0.3, 0.4) is 0 Å². The molecule has 0 aliphatic carbocycles. The van der Waals surface area contributed by atoms with Crippen LogP contribution < -0.4 is 22.1 Å². The minimum Gasteiger partial charge on any atom is -0.388 e. The summed E-state index contributed by atoms with van der Waals surface area (Å²) in [5.74, 6) is -1.02. The zero-order valence-electron chi connectivity index (χ0n) is 22.8. The van der Waals surface area contributed by atoms with E-state index in [4.69, 9.17) is 41.8 Å². The van der Waals surface area contributed by atoms with Crippen LogP contribution in [0.1, 0.15) is 12.5 Å². The van der Waals surface area contributed by atoms with E-state index < -0.39 is 81.8 Å². The molecule has 3 aliphatic heterocycles. The highest BCUT2D eigenvalue weighted by Crippen LogP contribution is 2.52. The predicted molar refractivity (Wildman–Crippen MR) is 156 cm³/mol. The van der Waals surface area contributed by atoms with Gasteiger partial charge in [-0.25, -0.2) is 29.6 Å². The normalized spacial score (nSPS) is 37.7. The van der Waals surface area contributed by atoms with Gasteiger partial charge in [-0.1, -0.05) is 0 Å². The van der Waals surface area contributed by atoms with Gasteiger partial charge in [0, 0.05) is 12.1 Å². The smallest absolute Gasteiger partial charge is 0.388 e. The molecule has 0 amide bonds. The van der Waals surface area contributed by atoms with E-state index in [0.717, 1.165) is 0 Å². The summed E-state index contributed by atoms with van der Waals surface area (Å²) in [4.78, 5) is 56.9. The van der Waals surface area contributed by atoms with Gasteiger partial charge >= 0.3 is 7.75 Å². The Morgan fingerprint density at radius 2 is 1.60 bits per heavy atom. The molecule has 7 heterocycles. The molecule has 24 heteroatoms. The van der Waals surface area contributed by atoms with E-state index in [-0.39, 0.29) is 40.3 Å². The first-order chi connectivity index (χ1) is 21.3. The first-order valence-electron chi connectivity index (χ1n) is 13.4. The molecule has 10 N–H and O–H groups in total. The third-order valence-corrected chi connectivity index (χ3v) is 11.2. The molecule has 0 radical (unpaired) electrons.